The second kappa shape index (κ2) is 4.99. The third-order valence-corrected chi connectivity index (χ3v) is 3.37. The first-order chi connectivity index (χ1) is 8.88. The molecule has 1 aliphatic heterocycles. The molecule has 0 atom stereocenters. The second-order valence-electron chi connectivity index (χ2n) is 5.76. The van der Waals surface area contributed by atoms with Crippen LogP contribution in [0.4, 0.5) is 5.82 Å². The first-order valence-corrected chi connectivity index (χ1v) is 6.39. The van der Waals surface area contributed by atoms with Crippen LogP contribution in [0.15, 0.2) is 23.8 Å². The fourth-order valence-corrected chi connectivity index (χ4v) is 2.17. The van der Waals surface area contributed by atoms with Crippen molar-refractivity contribution in [3.8, 4) is 0 Å². The third-order valence-electron chi connectivity index (χ3n) is 3.37. The highest BCUT2D eigenvalue weighted by molar-refractivity contribution is 5.85. The van der Waals surface area contributed by atoms with Crippen molar-refractivity contribution in [2.45, 2.75) is 27.2 Å². The summed E-state index contributed by atoms with van der Waals surface area (Å²) >= 11 is 0. The average molecular weight is 261 g/mol. The van der Waals surface area contributed by atoms with Gasteiger partial charge in [-0.3, -0.25) is 0 Å². The minimum atomic E-state index is -1.05. The number of aromatic nitrogens is 2. The first kappa shape index (κ1) is 13.5. The molecule has 1 N–H and O–H groups in total. The second-order valence-corrected chi connectivity index (χ2v) is 5.76. The van der Waals surface area contributed by atoms with Crippen LogP contribution in [-0.2, 0) is 0 Å². The zero-order chi connectivity index (χ0) is 14.0. The summed E-state index contributed by atoms with van der Waals surface area (Å²) in [7, 11) is 0. The van der Waals surface area contributed by atoms with Gasteiger partial charge in [0.1, 0.15) is 0 Å². The molecule has 0 fully saturated rings. The van der Waals surface area contributed by atoms with E-state index in [0.717, 1.165) is 25.3 Å². The fraction of sp³-hybridized carbons (Fsp3) is 0.500. The van der Waals surface area contributed by atoms with E-state index in [1.165, 1.54) is 11.6 Å². The summed E-state index contributed by atoms with van der Waals surface area (Å²) in [5, 5.41) is 16.5. The maximum absolute atomic E-state index is 10.7. The number of rotatable bonds is 2. The van der Waals surface area contributed by atoms with Gasteiger partial charge in [-0.2, -0.15) is 0 Å². The molecule has 5 heteroatoms. The highest BCUT2D eigenvalue weighted by atomic mass is 16.4. The molecule has 2 heterocycles. The SMILES string of the molecule is CC(C)(C)C1=CCN(c2ccc(C(=O)O)nn2)CC1. The number of aromatic carboxylic acids is 1. The molecule has 0 unspecified atom stereocenters. The van der Waals surface area contributed by atoms with Gasteiger partial charge in [0.05, 0.1) is 0 Å². The Morgan fingerprint density at radius 3 is 2.47 bits per heavy atom. The van der Waals surface area contributed by atoms with Crippen LogP contribution in [-0.4, -0.2) is 34.4 Å². The average Bonchev–Trinajstić information content (AvgIpc) is 2.38. The Labute approximate surface area is 113 Å². The Hall–Kier alpha value is -1.91. The number of carboxylic acids is 1. The highest BCUT2D eigenvalue weighted by Gasteiger charge is 2.22. The molecule has 0 aliphatic carbocycles. The van der Waals surface area contributed by atoms with Crippen LogP contribution in [0, 0.1) is 5.41 Å². The number of carboxylic acid groups (broad SMARTS) is 1. The van der Waals surface area contributed by atoms with Crippen LogP contribution in [0.1, 0.15) is 37.7 Å². The summed E-state index contributed by atoms with van der Waals surface area (Å²) < 4.78 is 0. The van der Waals surface area contributed by atoms with Crippen molar-refractivity contribution < 1.29 is 9.90 Å². The molecule has 0 aromatic carbocycles. The van der Waals surface area contributed by atoms with E-state index in [1.54, 1.807) is 6.07 Å². The Balaban J connectivity index is 2.09. The Morgan fingerprint density at radius 1 is 1.32 bits per heavy atom. The van der Waals surface area contributed by atoms with Crippen LogP contribution in [0.5, 0.6) is 0 Å². The Morgan fingerprint density at radius 2 is 2.05 bits per heavy atom. The lowest BCUT2D eigenvalue weighted by Gasteiger charge is -2.32. The number of carbonyl (C=O) groups is 1. The lowest BCUT2D eigenvalue weighted by molar-refractivity contribution is 0.0689. The lowest BCUT2D eigenvalue weighted by Crippen LogP contribution is -2.32. The highest BCUT2D eigenvalue weighted by Crippen LogP contribution is 2.30. The van der Waals surface area contributed by atoms with Crippen molar-refractivity contribution in [3.05, 3.63) is 29.5 Å². The van der Waals surface area contributed by atoms with Gasteiger partial charge in [-0.15, -0.1) is 10.2 Å². The van der Waals surface area contributed by atoms with Gasteiger partial charge in [0.2, 0.25) is 0 Å². The van der Waals surface area contributed by atoms with Crippen LogP contribution in [0.3, 0.4) is 0 Å². The molecule has 19 heavy (non-hydrogen) atoms. The van der Waals surface area contributed by atoms with Crippen molar-refractivity contribution in [1.29, 1.82) is 0 Å². The number of nitrogens with zero attached hydrogens (tertiary/aromatic N) is 3. The molecule has 5 nitrogen and oxygen atoms in total. The summed E-state index contributed by atoms with van der Waals surface area (Å²) in [5.41, 5.74) is 1.65. The first-order valence-electron chi connectivity index (χ1n) is 6.39. The van der Waals surface area contributed by atoms with Crippen LogP contribution in [0.2, 0.25) is 0 Å². The maximum Gasteiger partial charge on any atom is 0.356 e. The molecule has 102 valence electrons. The zero-order valence-corrected chi connectivity index (χ0v) is 11.6. The molecule has 0 saturated heterocycles. The Kier molecular flexibility index (Phi) is 3.55. The number of anilines is 1. The topological polar surface area (TPSA) is 66.3 Å². The van der Waals surface area contributed by atoms with Crippen molar-refractivity contribution in [2.75, 3.05) is 18.0 Å². The van der Waals surface area contributed by atoms with Crippen molar-refractivity contribution in [2.24, 2.45) is 5.41 Å². The van der Waals surface area contributed by atoms with Gasteiger partial charge in [-0.05, 0) is 24.0 Å². The van der Waals surface area contributed by atoms with Gasteiger partial charge in [0, 0.05) is 13.1 Å². The molecule has 0 saturated carbocycles. The maximum atomic E-state index is 10.7. The molecule has 1 aliphatic rings. The molecular formula is C14H19N3O2. The molecule has 1 aromatic rings. The summed E-state index contributed by atoms with van der Waals surface area (Å²) in [6, 6.07) is 3.21. The van der Waals surface area contributed by atoms with Crippen LogP contribution >= 0.6 is 0 Å². The number of hydrogen-bond acceptors (Lipinski definition) is 4. The zero-order valence-electron chi connectivity index (χ0n) is 11.6. The predicted molar refractivity (Wildman–Crippen MR) is 73.4 cm³/mol. The third kappa shape index (κ3) is 3.10. The van der Waals surface area contributed by atoms with Crippen molar-refractivity contribution in [3.63, 3.8) is 0 Å². The minimum absolute atomic E-state index is 0.0216. The van der Waals surface area contributed by atoms with Crippen molar-refractivity contribution >= 4 is 11.8 Å². The fourth-order valence-electron chi connectivity index (χ4n) is 2.17. The summed E-state index contributed by atoms with van der Waals surface area (Å²) in [4.78, 5) is 12.8. The lowest BCUT2D eigenvalue weighted by atomic mass is 9.83. The molecule has 0 amide bonds. The summed E-state index contributed by atoms with van der Waals surface area (Å²) in [6.45, 7) is 8.35. The van der Waals surface area contributed by atoms with Gasteiger partial charge in [-0.1, -0.05) is 32.4 Å². The largest absolute Gasteiger partial charge is 0.476 e. The van der Waals surface area contributed by atoms with E-state index in [-0.39, 0.29) is 11.1 Å². The van der Waals surface area contributed by atoms with E-state index in [0.29, 0.717) is 0 Å². The normalized spacial score (nSPS) is 16.2. The quantitative estimate of drug-likeness (QED) is 0.828. The Bertz CT molecular complexity index is 500. The van der Waals surface area contributed by atoms with Gasteiger partial charge < -0.3 is 10.0 Å². The van der Waals surface area contributed by atoms with E-state index in [1.807, 2.05) is 0 Å². The van der Waals surface area contributed by atoms with E-state index in [2.05, 4.69) is 41.9 Å². The predicted octanol–water partition coefficient (Wildman–Crippen LogP) is 2.36. The van der Waals surface area contributed by atoms with Gasteiger partial charge in [0.15, 0.2) is 11.5 Å². The van der Waals surface area contributed by atoms with Gasteiger partial charge in [-0.25, -0.2) is 4.79 Å². The molecular weight excluding hydrogens is 242 g/mol. The number of hydrogen-bond donors (Lipinski definition) is 1. The standard InChI is InChI=1S/C14H19N3O2/c1-14(2,3)10-6-8-17(9-7-10)12-5-4-11(13(18)19)15-16-12/h4-6H,7-9H2,1-3H3,(H,18,19). The molecule has 2 rings (SSSR count). The van der Waals surface area contributed by atoms with Gasteiger partial charge >= 0.3 is 5.97 Å². The van der Waals surface area contributed by atoms with Gasteiger partial charge in [0.25, 0.3) is 0 Å². The molecule has 0 radical (unpaired) electrons. The van der Waals surface area contributed by atoms with Crippen LogP contribution < -0.4 is 4.90 Å². The monoisotopic (exact) mass is 261 g/mol. The van der Waals surface area contributed by atoms with Crippen LogP contribution in [0.25, 0.3) is 0 Å². The van der Waals surface area contributed by atoms with E-state index in [9.17, 15) is 4.79 Å². The molecule has 1 aromatic heterocycles. The molecule has 0 spiro atoms. The van der Waals surface area contributed by atoms with E-state index >= 15 is 0 Å². The minimum Gasteiger partial charge on any atom is -0.476 e. The van der Waals surface area contributed by atoms with E-state index in [4.69, 9.17) is 5.11 Å². The van der Waals surface area contributed by atoms with E-state index < -0.39 is 5.97 Å². The summed E-state index contributed by atoms with van der Waals surface area (Å²) in [6.07, 6.45) is 3.24. The summed E-state index contributed by atoms with van der Waals surface area (Å²) in [5.74, 6) is -0.318. The smallest absolute Gasteiger partial charge is 0.356 e. The van der Waals surface area contributed by atoms with Crippen molar-refractivity contribution in [1.82, 2.24) is 10.2 Å². The molecule has 0 bridgehead atoms.